The lowest BCUT2D eigenvalue weighted by Gasteiger charge is -2.25. The number of halogens is 1. The number of anilines is 3. The predicted molar refractivity (Wildman–Crippen MR) is 203 cm³/mol. The Kier molecular flexibility index (Phi) is 10.1. The van der Waals surface area contributed by atoms with E-state index >= 15 is 0 Å². The number of carbonyl (C=O) groups excluding carboxylic acids is 1. The number of thioether (sulfide) groups is 1. The Labute approximate surface area is 295 Å². The summed E-state index contributed by atoms with van der Waals surface area (Å²) in [5.41, 5.74) is 5.30. The zero-order chi connectivity index (χ0) is 33.8. The first-order valence-electron chi connectivity index (χ1n) is 14.8. The van der Waals surface area contributed by atoms with E-state index in [2.05, 4.69) is 46.7 Å². The second-order valence-electron chi connectivity index (χ2n) is 10.5. The normalized spacial score (nSPS) is 14.6. The quantitative estimate of drug-likeness (QED) is 0.0548. The third-order valence-electron chi connectivity index (χ3n) is 7.49. The van der Waals surface area contributed by atoms with Crippen molar-refractivity contribution in [3.63, 3.8) is 0 Å². The molecule has 1 N–H and O–H groups in total. The Hall–Kier alpha value is -4.71. The number of hydrogen-bond acceptors (Lipinski definition) is 8. The highest BCUT2D eigenvalue weighted by Gasteiger charge is 2.33. The minimum atomic E-state index is -0.476. The Morgan fingerprint density at radius 2 is 1.42 bits per heavy atom. The van der Waals surface area contributed by atoms with Gasteiger partial charge in [0.25, 0.3) is 11.5 Å². The van der Waals surface area contributed by atoms with Gasteiger partial charge in [0.1, 0.15) is 13.9 Å². The Morgan fingerprint density at radius 3 is 1.96 bits per heavy atom. The molecule has 0 atom stereocenters. The van der Waals surface area contributed by atoms with Crippen LogP contribution < -0.4 is 19.7 Å². The van der Waals surface area contributed by atoms with Crippen molar-refractivity contribution in [1.82, 2.24) is 9.47 Å². The molecule has 4 aromatic carbocycles. The van der Waals surface area contributed by atoms with Crippen LogP contribution in [-0.2, 0) is 9.68 Å². The van der Waals surface area contributed by atoms with Gasteiger partial charge in [0.05, 0.1) is 4.53 Å². The summed E-state index contributed by atoms with van der Waals surface area (Å²) in [7, 11) is 0. The van der Waals surface area contributed by atoms with Gasteiger partial charge in [-0.1, -0.05) is 102 Å². The number of para-hydroxylation sites is 1. The fourth-order valence-corrected chi connectivity index (χ4v) is 7.85. The van der Waals surface area contributed by atoms with Crippen LogP contribution in [0, 0.1) is 0 Å². The number of hydrogen-bond donors (Lipinski definition) is 1. The van der Waals surface area contributed by atoms with E-state index in [0.29, 0.717) is 20.4 Å². The van der Waals surface area contributed by atoms with E-state index in [1.165, 1.54) is 4.90 Å². The summed E-state index contributed by atoms with van der Waals surface area (Å²) >= 11 is 13.6. The zero-order valence-electron chi connectivity index (χ0n) is 25.6. The molecule has 0 aliphatic carbocycles. The first-order valence-corrected chi connectivity index (χ1v) is 17.2. The van der Waals surface area contributed by atoms with Gasteiger partial charge in [-0.3, -0.25) is 14.5 Å². The second-order valence-corrected chi connectivity index (χ2v) is 13.6. The lowest BCUT2D eigenvalue weighted by molar-refractivity contribution is -0.176. The maximum absolute atomic E-state index is 13.5. The van der Waals surface area contributed by atoms with Crippen molar-refractivity contribution < 1.29 is 14.9 Å². The fourth-order valence-electron chi connectivity index (χ4n) is 5.10. The first-order chi connectivity index (χ1) is 23.3. The molecule has 0 saturated carbocycles. The van der Waals surface area contributed by atoms with E-state index in [1.807, 2.05) is 91.9 Å². The number of thiocarbonyl (C=S) groups is 1. The SMILES string of the molecule is C=C(OO)n1c(=C2SC(=S)N(CC)C2=O)sc(=Cc2ccc(N(c3ccccc3)c3ccc(C=Cc4ccc(Cl)cc4)cc3)cc2)c1=O. The highest BCUT2D eigenvalue weighted by molar-refractivity contribution is 8.30. The van der Waals surface area contributed by atoms with Gasteiger partial charge in [-0.05, 0) is 84.8 Å². The highest BCUT2D eigenvalue weighted by Crippen LogP contribution is 2.35. The van der Waals surface area contributed by atoms with Gasteiger partial charge >= 0.3 is 0 Å². The van der Waals surface area contributed by atoms with Crippen molar-refractivity contribution >= 4 is 103 Å². The molecule has 0 unspecified atom stereocenters. The van der Waals surface area contributed by atoms with E-state index in [4.69, 9.17) is 23.8 Å². The van der Waals surface area contributed by atoms with E-state index in [1.54, 1.807) is 6.08 Å². The van der Waals surface area contributed by atoms with E-state index in [-0.39, 0.29) is 21.4 Å². The molecular formula is C37H28ClN3O4S3. The maximum atomic E-state index is 13.5. The van der Waals surface area contributed by atoms with Gasteiger partial charge in [0, 0.05) is 28.6 Å². The van der Waals surface area contributed by atoms with Gasteiger partial charge in [-0.25, -0.2) is 9.82 Å². The minimum absolute atomic E-state index is 0.280. The summed E-state index contributed by atoms with van der Waals surface area (Å²) in [5, 5.41) is 10.1. The summed E-state index contributed by atoms with van der Waals surface area (Å²) in [6.07, 6.45) is 5.84. The standard InChI is InChI=1S/C37H28ClN3O4S3/c1-3-39-35(43)33(48-37(39)46)36-40(24(2)45-44)34(42)32(47-36)23-27-15-21-31(22-16-27)41(29-7-5-4-6-8-29)30-19-13-26(14-20-30)10-9-25-11-17-28(38)18-12-25/h4-23,44H,2-3H2,1H3. The number of rotatable bonds is 9. The molecule has 1 amide bonds. The van der Waals surface area contributed by atoms with Gasteiger partial charge in [0.2, 0.25) is 5.88 Å². The third kappa shape index (κ3) is 6.94. The van der Waals surface area contributed by atoms with E-state index in [9.17, 15) is 14.8 Å². The molecule has 0 bridgehead atoms. The number of amides is 1. The van der Waals surface area contributed by atoms with Crippen molar-refractivity contribution in [3.05, 3.63) is 151 Å². The number of nitrogens with zero attached hydrogens (tertiary/aromatic N) is 3. The lowest BCUT2D eigenvalue weighted by atomic mass is 10.1. The van der Waals surface area contributed by atoms with Crippen LogP contribution in [0.4, 0.5) is 17.1 Å². The highest BCUT2D eigenvalue weighted by atomic mass is 35.5. The molecule has 7 nitrogen and oxygen atoms in total. The van der Waals surface area contributed by atoms with E-state index in [0.717, 1.165) is 61.4 Å². The van der Waals surface area contributed by atoms with Crippen LogP contribution in [0.15, 0.2) is 115 Å². The van der Waals surface area contributed by atoms with Crippen molar-refractivity contribution in [2.75, 3.05) is 11.4 Å². The Balaban J connectivity index is 1.35. The summed E-state index contributed by atoms with van der Waals surface area (Å²) in [4.78, 5) is 34.8. The third-order valence-corrected chi connectivity index (χ3v) is 10.4. The molecule has 11 heteroatoms. The summed E-state index contributed by atoms with van der Waals surface area (Å²) in [6, 6.07) is 33.9. The molecule has 1 aliphatic rings. The van der Waals surface area contributed by atoms with Crippen molar-refractivity contribution in [1.29, 1.82) is 0 Å². The maximum Gasteiger partial charge on any atom is 0.276 e. The van der Waals surface area contributed by atoms with Gasteiger partial charge in [-0.15, -0.1) is 11.3 Å². The van der Waals surface area contributed by atoms with Crippen LogP contribution in [0.3, 0.4) is 0 Å². The molecule has 240 valence electrons. The predicted octanol–water partition coefficient (Wildman–Crippen LogP) is 7.94. The smallest absolute Gasteiger partial charge is 0.276 e. The second kappa shape index (κ2) is 14.6. The molecule has 2 heterocycles. The number of aromatic nitrogens is 1. The molecule has 1 aromatic heterocycles. The van der Waals surface area contributed by atoms with Gasteiger partial charge in [0.15, 0.2) is 0 Å². The molecule has 6 rings (SSSR count). The zero-order valence-corrected chi connectivity index (χ0v) is 28.8. The largest absolute Gasteiger partial charge is 0.322 e. The summed E-state index contributed by atoms with van der Waals surface area (Å²) < 4.78 is 2.11. The summed E-state index contributed by atoms with van der Waals surface area (Å²) in [5.74, 6) is -0.622. The van der Waals surface area contributed by atoms with E-state index < -0.39 is 5.56 Å². The number of benzene rings is 4. The van der Waals surface area contributed by atoms with Crippen molar-refractivity contribution in [3.8, 4) is 0 Å². The van der Waals surface area contributed by atoms with Crippen LogP contribution in [0.2, 0.25) is 5.02 Å². The molecule has 1 fully saturated rings. The van der Waals surface area contributed by atoms with Gasteiger partial charge < -0.3 is 9.79 Å². The molecule has 1 saturated heterocycles. The molecule has 0 radical (unpaired) electrons. The fraction of sp³-hybridized carbons (Fsp3) is 0.0541. The van der Waals surface area contributed by atoms with Crippen molar-refractivity contribution in [2.24, 2.45) is 0 Å². The Bertz CT molecular complexity index is 2210. The average Bonchev–Trinajstić information content (AvgIpc) is 3.59. The lowest BCUT2D eigenvalue weighted by Crippen LogP contribution is -2.33. The minimum Gasteiger partial charge on any atom is -0.322 e. The van der Waals surface area contributed by atoms with Crippen LogP contribution in [-0.4, -0.2) is 31.5 Å². The van der Waals surface area contributed by atoms with Crippen LogP contribution in [0.1, 0.15) is 23.6 Å². The molecule has 48 heavy (non-hydrogen) atoms. The van der Waals surface area contributed by atoms with Crippen LogP contribution in [0.25, 0.3) is 29.0 Å². The van der Waals surface area contributed by atoms with Gasteiger partial charge in [-0.2, -0.15) is 0 Å². The molecule has 5 aromatic rings. The first kappa shape index (κ1) is 33.2. The molecular weight excluding hydrogens is 682 g/mol. The Morgan fingerprint density at radius 1 is 0.875 bits per heavy atom. The van der Waals surface area contributed by atoms with Crippen LogP contribution >= 0.6 is 46.9 Å². The monoisotopic (exact) mass is 709 g/mol. The topological polar surface area (TPSA) is 75.0 Å². The number of thiazole rings is 1. The molecule has 0 spiro atoms. The van der Waals surface area contributed by atoms with Crippen molar-refractivity contribution in [2.45, 2.75) is 6.92 Å². The number of carbonyl (C=O) groups is 1. The molecule has 1 aliphatic heterocycles. The van der Waals surface area contributed by atoms with Crippen LogP contribution in [0.5, 0.6) is 0 Å². The summed E-state index contributed by atoms with van der Waals surface area (Å²) in [6.45, 7) is 5.87. The average molecular weight is 710 g/mol.